The van der Waals surface area contributed by atoms with Crippen LogP contribution < -0.4 is 0 Å². The molecule has 0 radical (unpaired) electrons. The van der Waals surface area contributed by atoms with Gasteiger partial charge in [-0.25, -0.2) is 4.79 Å². The highest BCUT2D eigenvalue weighted by atomic mass is 16.6. The topological polar surface area (TPSA) is 70.0 Å². The van der Waals surface area contributed by atoms with E-state index in [0.717, 1.165) is 19.3 Å². The Morgan fingerprint density at radius 2 is 2.33 bits per heavy atom. The number of carbonyl (C=O) groups excluding carboxylic acids is 1. The van der Waals surface area contributed by atoms with Crippen LogP contribution in [0.25, 0.3) is 0 Å². The number of likely N-dealkylation sites (tertiary alicyclic amines) is 1. The summed E-state index contributed by atoms with van der Waals surface area (Å²) in [4.78, 5) is 12.9. The normalized spacial score (nSPS) is 20.5. The average molecular weight is 215 g/mol. The number of unbranched alkanes of at least 4 members (excludes halogenated alkanes) is 1. The summed E-state index contributed by atoms with van der Waals surface area (Å²) < 4.78 is 5.01. The van der Waals surface area contributed by atoms with Gasteiger partial charge in [0.25, 0.3) is 0 Å². The smallest absolute Gasteiger partial charge is 0.449 e. The van der Waals surface area contributed by atoms with Gasteiger partial charge in [-0.1, -0.05) is 13.3 Å². The molecule has 1 atom stereocenters. The third-order valence-electron chi connectivity index (χ3n) is 2.60. The Hall–Kier alpha value is -0.745. The van der Waals surface area contributed by atoms with E-state index in [4.69, 9.17) is 14.8 Å². The quantitative estimate of drug-likeness (QED) is 0.526. The molecule has 0 aromatic rings. The molecule has 1 aliphatic rings. The number of hydrogen-bond acceptors (Lipinski definition) is 4. The van der Waals surface area contributed by atoms with Gasteiger partial charge >= 0.3 is 13.2 Å². The molecule has 0 aromatic carbocycles. The summed E-state index contributed by atoms with van der Waals surface area (Å²) in [6, 6.07) is 0. The number of hydrogen-bond donors (Lipinski definition) is 2. The highest BCUT2D eigenvalue weighted by Gasteiger charge is 2.37. The minimum atomic E-state index is -1.47. The van der Waals surface area contributed by atoms with Crippen molar-refractivity contribution < 1.29 is 19.6 Å². The van der Waals surface area contributed by atoms with Crippen LogP contribution in [0.3, 0.4) is 0 Å². The van der Waals surface area contributed by atoms with Crippen LogP contribution in [-0.4, -0.2) is 47.3 Å². The van der Waals surface area contributed by atoms with E-state index in [-0.39, 0.29) is 0 Å². The Morgan fingerprint density at radius 1 is 1.60 bits per heavy atom. The second-order valence-electron chi connectivity index (χ2n) is 3.78. The molecule has 6 heteroatoms. The van der Waals surface area contributed by atoms with Gasteiger partial charge in [-0.3, -0.25) is 0 Å². The maximum atomic E-state index is 11.5. The Morgan fingerprint density at radius 3 is 2.93 bits per heavy atom. The van der Waals surface area contributed by atoms with Crippen molar-refractivity contribution in [2.75, 3.05) is 13.2 Å². The van der Waals surface area contributed by atoms with Crippen LogP contribution in [0.5, 0.6) is 0 Å². The Bertz CT molecular complexity index is 212. The van der Waals surface area contributed by atoms with Gasteiger partial charge in [0.05, 0.1) is 12.5 Å². The van der Waals surface area contributed by atoms with E-state index in [0.29, 0.717) is 19.6 Å². The van der Waals surface area contributed by atoms with Crippen molar-refractivity contribution in [3.8, 4) is 0 Å². The SMILES string of the molecule is CCCCOC(=O)N1CCCC1B(O)O. The van der Waals surface area contributed by atoms with Crippen LogP contribution >= 0.6 is 0 Å². The Kier molecular flexibility index (Phi) is 4.91. The third kappa shape index (κ3) is 3.39. The van der Waals surface area contributed by atoms with Crippen molar-refractivity contribution in [2.24, 2.45) is 0 Å². The molecule has 15 heavy (non-hydrogen) atoms. The molecule has 0 spiro atoms. The van der Waals surface area contributed by atoms with Gasteiger partial charge in [-0.15, -0.1) is 0 Å². The minimum Gasteiger partial charge on any atom is -0.449 e. The Balaban J connectivity index is 2.37. The van der Waals surface area contributed by atoms with Gasteiger partial charge < -0.3 is 19.7 Å². The zero-order valence-electron chi connectivity index (χ0n) is 9.06. The molecule has 5 nitrogen and oxygen atoms in total. The summed E-state index contributed by atoms with van der Waals surface area (Å²) in [6.45, 7) is 2.97. The molecule has 1 fully saturated rings. The van der Waals surface area contributed by atoms with Gasteiger partial charge in [0.1, 0.15) is 0 Å². The second-order valence-corrected chi connectivity index (χ2v) is 3.78. The number of ether oxygens (including phenoxy) is 1. The first-order valence-electron chi connectivity index (χ1n) is 5.46. The molecular formula is C9H18BNO4. The highest BCUT2D eigenvalue weighted by molar-refractivity contribution is 6.43. The van der Waals surface area contributed by atoms with Crippen LogP contribution in [0.1, 0.15) is 32.6 Å². The van der Waals surface area contributed by atoms with Crippen molar-refractivity contribution in [3.63, 3.8) is 0 Å². The largest absolute Gasteiger partial charge is 0.475 e. The lowest BCUT2D eigenvalue weighted by atomic mass is 9.78. The number of nitrogens with zero attached hydrogens (tertiary/aromatic N) is 1. The van der Waals surface area contributed by atoms with Crippen LogP contribution in [0.2, 0.25) is 0 Å². The van der Waals surface area contributed by atoms with E-state index in [9.17, 15) is 4.79 Å². The van der Waals surface area contributed by atoms with E-state index in [2.05, 4.69) is 0 Å². The number of carbonyl (C=O) groups is 1. The summed E-state index contributed by atoms with van der Waals surface area (Å²) in [6.07, 6.45) is 2.80. The lowest BCUT2D eigenvalue weighted by molar-refractivity contribution is 0.101. The van der Waals surface area contributed by atoms with Crippen LogP contribution in [0.15, 0.2) is 0 Å². The predicted octanol–water partition coefficient (Wildman–Crippen LogP) is 0.400. The molecule has 1 aliphatic heterocycles. The average Bonchev–Trinajstić information content (AvgIpc) is 2.66. The van der Waals surface area contributed by atoms with Crippen molar-refractivity contribution in [1.29, 1.82) is 0 Å². The van der Waals surface area contributed by atoms with Gasteiger partial charge in [0.15, 0.2) is 0 Å². The summed E-state index contributed by atoms with van der Waals surface area (Å²) in [5.74, 6) is -0.501. The van der Waals surface area contributed by atoms with E-state index < -0.39 is 19.2 Å². The van der Waals surface area contributed by atoms with E-state index in [1.165, 1.54) is 4.90 Å². The maximum Gasteiger partial charge on any atom is 0.475 e. The minimum absolute atomic E-state index is 0.403. The maximum absolute atomic E-state index is 11.5. The van der Waals surface area contributed by atoms with Gasteiger partial charge in [-0.05, 0) is 19.3 Å². The monoisotopic (exact) mass is 215 g/mol. The van der Waals surface area contributed by atoms with E-state index in [1.807, 2.05) is 6.92 Å². The molecule has 1 amide bonds. The molecule has 1 unspecified atom stereocenters. The molecular weight excluding hydrogens is 197 g/mol. The van der Waals surface area contributed by atoms with Crippen molar-refractivity contribution in [1.82, 2.24) is 4.90 Å². The molecule has 0 aromatic heterocycles. The lowest BCUT2D eigenvalue weighted by Crippen LogP contribution is -2.45. The second kappa shape index (κ2) is 5.97. The first kappa shape index (κ1) is 12.3. The molecule has 0 saturated carbocycles. The zero-order valence-corrected chi connectivity index (χ0v) is 9.06. The van der Waals surface area contributed by atoms with Crippen LogP contribution in [-0.2, 0) is 4.74 Å². The molecule has 0 aliphatic carbocycles. The first-order valence-corrected chi connectivity index (χ1v) is 5.46. The fourth-order valence-electron chi connectivity index (χ4n) is 1.72. The molecule has 2 N–H and O–H groups in total. The van der Waals surface area contributed by atoms with Crippen LogP contribution in [0, 0.1) is 0 Å². The van der Waals surface area contributed by atoms with Crippen molar-refractivity contribution in [3.05, 3.63) is 0 Å². The molecule has 86 valence electrons. The van der Waals surface area contributed by atoms with Gasteiger partial charge in [0, 0.05) is 6.54 Å². The summed E-state index contributed by atoms with van der Waals surface area (Å²) in [5.41, 5.74) is 0. The first-order chi connectivity index (χ1) is 7.16. The van der Waals surface area contributed by atoms with Crippen molar-refractivity contribution >= 4 is 13.2 Å². The molecule has 1 saturated heterocycles. The molecule has 1 heterocycles. The van der Waals surface area contributed by atoms with Crippen LogP contribution in [0.4, 0.5) is 4.79 Å². The summed E-state index contributed by atoms with van der Waals surface area (Å²) >= 11 is 0. The lowest BCUT2D eigenvalue weighted by Gasteiger charge is -2.23. The summed E-state index contributed by atoms with van der Waals surface area (Å²) in [5, 5.41) is 18.1. The fraction of sp³-hybridized carbons (Fsp3) is 0.889. The summed E-state index contributed by atoms with van der Waals surface area (Å²) in [7, 11) is -1.47. The van der Waals surface area contributed by atoms with E-state index >= 15 is 0 Å². The van der Waals surface area contributed by atoms with E-state index in [1.54, 1.807) is 0 Å². The van der Waals surface area contributed by atoms with Gasteiger partial charge in [-0.2, -0.15) is 0 Å². The predicted molar refractivity (Wildman–Crippen MR) is 56.2 cm³/mol. The number of rotatable bonds is 4. The molecule has 0 bridgehead atoms. The van der Waals surface area contributed by atoms with Gasteiger partial charge in [0.2, 0.25) is 0 Å². The Labute approximate surface area is 90.2 Å². The molecule has 1 rings (SSSR count). The third-order valence-corrected chi connectivity index (χ3v) is 2.60. The zero-order chi connectivity index (χ0) is 11.3. The fourth-order valence-corrected chi connectivity index (χ4v) is 1.72. The highest BCUT2D eigenvalue weighted by Crippen LogP contribution is 2.18. The standard InChI is InChI=1S/C9H18BNO4/c1-2-3-7-15-9(12)11-6-4-5-8(11)10(13)14/h8,13-14H,2-7H2,1H3. The number of amides is 1. The van der Waals surface area contributed by atoms with Crippen molar-refractivity contribution in [2.45, 2.75) is 38.5 Å².